The van der Waals surface area contributed by atoms with Crippen LogP contribution in [0, 0.1) is 11.3 Å². The topological polar surface area (TPSA) is 45.0 Å². The molecule has 0 amide bonds. The average molecular weight is 345 g/mol. The Labute approximate surface area is 133 Å². The van der Waals surface area contributed by atoms with Gasteiger partial charge >= 0.3 is 0 Å². The van der Waals surface area contributed by atoms with Crippen LogP contribution < -0.4 is 10.1 Å². The van der Waals surface area contributed by atoms with Crippen molar-refractivity contribution in [2.24, 2.45) is 0 Å². The van der Waals surface area contributed by atoms with Crippen LogP contribution in [0.2, 0.25) is 0 Å². The van der Waals surface area contributed by atoms with Gasteiger partial charge in [-0.1, -0.05) is 40.2 Å². The number of nitrogens with zero attached hydrogens (tertiary/aromatic N) is 1. The minimum absolute atomic E-state index is 0.0794. The van der Waals surface area contributed by atoms with Gasteiger partial charge in [0.25, 0.3) is 0 Å². The van der Waals surface area contributed by atoms with Crippen LogP contribution in [0.3, 0.4) is 0 Å². The van der Waals surface area contributed by atoms with Crippen LogP contribution in [-0.2, 0) is 6.54 Å². The molecule has 0 spiro atoms. The van der Waals surface area contributed by atoms with Crippen LogP contribution in [-0.4, -0.2) is 6.61 Å². The van der Waals surface area contributed by atoms with Gasteiger partial charge in [-0.25, -0.2) is 0 Å². The molecule has 1 unspecified atom stereocenters. The van der Waals surface area contributed by atoms with Gasteiger partial charge in [-0.3, -0.25) is 0 Å². The molecule has 2 aromatic carbocycles. The molecule has 0 aliphatic heterocycles. The number of hydrogen-bond acceptors (Lipinski definition) is 3. The molecular formula is C17H17BrN2O. The van der Waals surface area contributed by atoms with Crippen LogP contribution >= 0.6 is 15.9 Å². The molecule has 0 fully saturated rings. The molecule has 4 heteroatoms. The Hall–Kier alpha value is -1.83. The molecule has 0 heterocycles. The lowest BCUT2D eigenvalue weighted by Crippen LogP contribution is -2.18. The zero-order valence-electron chi connectivity index (χ0n) is 11.8. The molecule has 2 aromatic rings. The predicted molar refractivity (Wildman–Crippen MR) is 86.9 cm³/mol. The van der Waals surface area contributed by atoms with Gasteiger partial charge in [0.05, 0.1) is 0 Å². The smallest absolute Gasteiger partial charge is 0.174 e. The van der Waals surface area contributed by atoms with Crippen LogP contribution in [0.1, 0.15) is 24.1 Å². The molecule has 0 aliphatic carbocycles. The third kappa shape index (κ3) is 4.89. The Morgan fingerprint density at radius 1 is 1.24 bits per heavy atom. The van der Waals surface area contributed by atoms with Crippen molar-refractivity contribution in [3.63, 3.8) is 0 Å². The molecular weight excluding hydrogens is 328 g/mol. The van der Waals surface area contributed by atoms with Gasteiger partial charge in [0, 0.05) is 17.1 Å². The monoisotopic (exact) mass is 344 g/mol. The summed E-state index contributed by atoms with van der Waals surface area (Å²) in [6.07, 6.45) is 0. The van der Waals surface area contributed by atoms with Gasteiger partial charge in [-0.2, -0.15) is 5.26 Å². The number of ether oxygens (including phenoxy) is 1. The molecule has 0 aromatic heterocycles. The van der Waals surface area contributed by atoms with Gasteiger partial charge in [-0.15, -0.1) is 0 Å². The molecule has 3 nitrogen and oxygen atoms in total. The molecule has 0 aliphatic rings. The number of halogens is 1. The number of nitrogens with one attached hydrogen (secondary N) is 1. The Morgan fingerprint density at radius 3 is 2.67 bits per heavy atom. The Morgan fingerprint density at radius 2 is 2.00 bits per heavy atom. The average Bonchev–Trinajstić information content (AvgIpc) is 2.51. The van der Waals surface area contributed by atoms with Crippen LogP contribution in [0.5, 0.6) is 5.75 Å². The van der Waals surface area contributed by atoms with Crippen molar-refractivity contribution in [2.45, 2.75) is 19.5 Å². The van der Waals surface area contributed by atoms with E-state index >= 15 is 0 Å². The summed E-state index contributed by atoms with van der Waals surface area (Å²) in [7, 11) is 0. The summed E-state index contributed by atoms with van der Waals surface area (Å²) in [6, 6.07) is 18.3. The highest BCUT2D eigenvalue weighted by Crippen LogP contribution is 2.18. The second kappa shape index (κ2) is 7.82. The lowest BCUT2D eigenvalue weighted by molar-refractivity contribution is 0.368. The summed E-state index contributed by atoms with van der Waals surface area (Å²) in [5.74, 6) is 0.722. The molecule has 1 atom stereocenters. The standard InChI is InChI=1S/C17H17BrN2O/c1-13(20-12-14-3-2-4-16(18)11-14)15-5-7-17(8-6-15)21-10-9-19/h2-8,11,13,20H,10,12H2,1H3. The maximum absolute atomic E-state index is 8.48. The van der Waals surface area contributed by atoms with E-state index in [0.717, 1.165) is 16.8 Å². The summed E-state index contributed by atoms with van der Waals surface area (Å²) >= 11 is 3.48. The van der Waals surface area contributed by atoms with Gasteiger partial charge < -0.3 is 10.1 Å². The Kier molecular flexibility index (Phi) is 5.79. The highest BCUT2D eigenvalue weighted by Gasteiger charge is 2.05. The summed E-state index contributed by atoms with van der Waals surface area (Å²) in [5.41, 5.74) is 2.43. The van der Waals surface area contributed by atoms with Crippen LogP contribution in [0.15, 0.2) is 53.0 Å². The van der Waals surface area contributed by atoms with Crippen molar-refractivity contribution in [3.8, 4) is 11.8 Å². The number of nitriles is 1. The maximum atomic E-state index is 8.48. The molecule has 108 valence electrons. The number of benzene rings is 2. The predicted octanol–water partition coefficient (Wildman–Crippen LogP) is 4.20. The van der Waals surface area contributed by atoms with Crippen molar-refractivity contribution in [2.75, 3.05) is 6.61 Å². The van der Waals surface area contributed by atoms with E-state index in [1.807, 2.05) is 42.5 Å². The zero-order valence-corrected chi connectivity index (χ0v) is 13.4. The molecule has 0 saturated heterocycles. The maximum Gasteiger partial charge on any atom is 0.174 e. The molecule has 1 N–H and O–H groups in total. The molecule has 2 rings (SSSR count). The summed E-state index contributed by atoms with van der Waals surface area (Å²) in [5, 5.41) is 12.0. The van der Waals surface area contributed by atoms with E-state index in [4.69, 9.17) is 10.00 Å². The summed E-state index contributed by atoms with van der Waals surface area (Å²) in [4.78, 5) is 0. The van der Waals surface area contributed by atoms with E-state index in [9.17, 15) is 0 Å². The quantitative estimate of drug-likeness (QED) is 0.853. The van der Waals surface area contributed by atoms with Crippen molar-refractivity contribution < 1.29 is 4.74 Å². The van der Waals surface area contributed by atoms with Gasteiger partial charge in [0.2, 0.25) is 0 Å². The molecule has 0 radical (unpaired) electrons. The lowest BCUT2D eigenvalue weighted by Gasteiger charge is -2.15. The first-order valence-corrected chi connectivity index (χ1v) is 7.56. The van der Waals surface area contributed by atoms with Crippen LogP contribution in [0.25, 0.3) is 0 Å². The second-order valence-electron chi connectivity index (χ2n) is 4.75. The second-order valence-corrected chi connectivity index (χ2v) is 5.66. The van der Waals surface area contributed by atoms with E-state index < -0.39 is 0 Å². The first-order chi connectivity index (χ1) is 10.2. The van der Waals surface area contributed by atoms with E-state index in [1.165, 1.54) is 11.1 Å². The van der Waals surface area contributed by atoms with E-state index in [2.05, 4.69) is 40.3 Å². The van der Waals surface area contributed by atoms with Gasteiger partial charge in [0.1, 0.15) is 11.8 Å². The van der Waals surface area contributed by atoms with Gasteiger partial charge in [-0.05, 0) is 42.3 Å². The lowest BCUT2D eigenvalue weighted by atomic mass is 10.1. The fourth-order valence-corrected chi connectivity index (χ4v) is 2.45. The highest BCUT2D eigenvalue weighted by molar-refractivity contribution is 9.10. The third-order valence-corrected chi connectivity index (χ3v) is 3.68. The third-order valence-electron chi connectivity index (χ3n) is 3.18. The molecule has 0 bridgehead atoms. The minimum Gasteiger partial charge on any atom is -0.479 e. The highest BCUT2D eigenvalue weighted by atomic mass is 79.9. The minimum atomic E-state index is 0.0794. The van der Waals surface area contributed by atoms with Crippen molar-refractivity contribution >= 4 is 15.9 Å². The van der Waals surface area contributed by atoms with Gasteiger partial charge in [0.15, 0.2) is 6.61 Å². The van der Waals surface area contributed by atoms with Crippen LogP contribution in [0.4, 0.5) is 0 Å². The largest absolute Gasteiger partial charge is 0.479 e. The van der Waals surface area contributed by atoms with E-state index in [0.29, 0.717) is 0 Å². The number of hydrogen-bond donors (Lipinski definition) is 1. The molecule has 21 heavy (non-hydrogen) atoms. The number of rotatable bonds is 6. The summed E-state index contributed by atoms with van der Waals surface area (Å²) in [6.45, 7) is 3.02. The molecule has 0 saturated carbocycles. The fourth-order valence-electron chi connectivity index (χ4n) is 2.00. The van der Waals surface area contributed by atoms with Crippen molar-refractivity contribution in [3.05, 3.63) is 64.1 Å². The first kappa shape index (κ1) is 15.6. The fraction of sp³-hybridized carbons (Fsp3) is 0.235. The SMILES string of the molecule is CC(NCc1cccc(Br)c1)c1ccc(OCC#N)cc1. The Bertz CT molecular complexity index is 619. The van der Waals surface area contributed by atoms with E-state index in [-0.39, 0.29) is 12.6 Å². The Balaban J connectivity index is 1.91. The van der Waals surface area contributed by atoms with Crippen molar-refractivity contribution in [1.82, 2.24) is 5.32 Å². The zero-order chi connectivity index (χ0) is 15.1. The summed E-state index contributed by atoms with van der Waals surface area (Å²) < 4.78 is 6.34. The van der Waals surface area contributed by atoms with Crippen molar-refractivity contribution in [1.29, 1.82) is 5.26 Å². The normalized spacial score (nSPS) is 11.7. The first-order valence-electron chi connectivity index (χ1n) is 6.76. The van der Waals surface area contributed by atoms with E-state index in [1.54, 1.807) is 0 Å².